The molecule has 0 aliphatic carbocycles. The number of aliphatic hydroxyl groups is 2. The highest BCUT2D eigenvalue weighted by atomic mass is 16.4. The quantitative estimate of drug-likeness (QED) is 0.0415. The average molecular weight is 734 g/mol. The van der Waals surface area contributed by atoms with Gasteiger partial charge in [-0.05, 0) is 78.0 Å². The fraction of sp³-hybridized carbons (Fsp3) is 0.767. The lowest BCUT2D eigenvalue weighted by Crippen LogP contribution is -2.62. The molecule has 51 heavy (non-hydrogen) atoms. The van der Waals surface area contributed by atoms with Gasteiger partial charge in [0.25, 0.3) is 0 Å². The maximum Gasteiger partial charge on any atom is 0.328 e. The van der Waals surface area contributed by atoms with Crippen LogP contribution in [0.3, 0.4) is 0 Å². The van der Waals surface area contributed by atoms with E-state index in [4.69, 9.17) is 28.7 Å². The molecule has 0 radical (unpaired) electrons. The molecule has 0 spiro atoms. The summed E-state index contributed by atoms with van der Waals surface area (Å²) in [5, 5.41) is 43.8. The van der Waals surface area contributed by atoms with Crippen LogP contribution in [0.1, 0.15) is 59.8 Å². The second kappa shape index (κ2) is 24.2. The van der Waals surface area contributed by atoms with Gasteiger partial charge in [-0.1, -0.05) is 13.8 Å². The van der Waals surface area contributed by atoms with Gasteiger partial charge < -0.3 is 75.9 Å². The van der Waals surface area contributed by atoms with Gasteiger partial charge in [-0.3, -0.25) is 28.8 Å². The number of carboxylic acids is 1. The normalized spacial score (nSPS) is 16.5. The Bertz CT molecular complexity index is 1160. The summed E-state index contributed by atoms with van der Waals surface area (Å²) in [5.74, 6) is -6.80. The third-order valence-electron chi connectivity index (χ3n) is 7.53. The fourth-order valence-corrected chi connectivity index (χ4v) is 4.71. The lowest BCUT2D eigenvalue weighted by atomic mass is 10.0. The number of carbonyl (C=O) groups excluding carboxylic acids is 6. The van der Waals surface area contributed by atoms with Crippen LogP contribution in [0.2, 0.25) is 0 Å². The van der Waals surface area contributed by atoms with Crippen LogP contribution in [-0.2, 0) is 33.6 Å². The van der Waals surface area contributed by atoms with Crippen LogP contribution in [0.4, 0.5) is 0 Å². The Morgan fingerprint density at radius 1 is 0.490 bits per heavy atom. The highest BCUT2D eigenvalue weighted by Gasteiger charge is 2.35. The summed E-state index contributed by atoms with van der Waals surface area (Å²) in [6.07, 6.45) is -3.00. The van der Waals surface area contributed by atoms with E-state index in [0.717, 1.165) is 6.92 Å². The van der Waals surface area contributed by atoms with Crippen molar-refractivity contribution in [1.82, 2.24) is 31.9 Å². The monoisotopic (exact) mass is 733 g/mol. The molecule has 0 aliphatic rings. The first-order chi connectivity index (χ1) is 23.8. The lowest BCUT2D eigenvalue weighted by Gasteiger charge is -2.29. The number of hydrogen-bond acceptors (Lipinski definition) is 14. The van der Waals surface area contributed by atoms with Crippen LogP contribution in [-0.4, -0.2) is 137 Å². The van der Waals surface area contributed by atoms with Crippen LogP contribution in [0.5, 0.6) is 0 Å². The summed E-state index contributed by atoms with van der Waals surface area (Å²) in [5.41, 5.74) is 28.1. The second-order valence-corrected chi connectivity index (χ2v) is 12.6. The Kier molecular flexibility index (Phi) is 22.3. The summed E-state index contributed by atoms with van der Waals surface area (Å²) in [6, 6.07) is -9.43. The van der Waals surface area contributed by atoms with Crippen LogP contribution >= 0.6 is 0 Å². The Balaban J connectivity index is 6.01. The van der Waals surface area contributed by atoms with E-state index in [1.54, 1.807) is 13.8 Å². The number of carboxylic acid groups (broad SMARTS) is 1. The average Bonchev–Trinajstić information content (AvgIpc) is 3.03. The highest BCUT2D eigenvalue weighted by molar-refractivity contribution is 5.97. The molecule has 0 unspecified atom stereocenters. The zero-order valence-electron chi connectivity index (χ0n) is 29.7. The van der Waals surface area contributed by atoms with Crippen molar-refractivity contribution in [3.8, 4) is 0 Å². The molecule has 0 fully saturated rings. The summed E-state index contributed by atoms with van der Waals surface area (Å²) in [4.78, 5) is 90.0. The van der Waals surface area contributed by atoms with Gasteiger partial charge in [0.2, 0.25) is 35.4 Å². The molecule has 21 heteroatoms. The summed E-state index contributed by atoms with van der Waals surface area (Å²) in [6.45, 7) is 5.82. The van der Waals surface area contributed by atoms with Crippen molar-refractivity contribution in [2.24, 2.45) is 34.6 Å². The molecule has 19 N–H and O–H groups in total. The Labute approximate surface area is 297 Å². The zero-order chi connectivity index (χ0) is 39.4. The molecule has 0 heterocycles. The van der Waals surface area contributed by atoms with E-state index < -0.39 is 95.9 Å². The maximum atomic E-state index is 13.5. The van der Waals surface area contributed by atoms with Crippen molar-refractivity contribution in [2.75, 3.05) is 26.2 Å². The van der Waals surface area contributed by atoms with E-state index in [9.17, 15) is 48.9 Å². The fourth-order valence-electron chi connectivity index (χ4n) is 4.71. The molecule has 0 saturated heterocycles. The smallest absolute Gasteiger partial charge is 0.328 e. The van der Waals surface area contributed by atoms with Gasteiger partial charge in [0.1, 0.15) is 30.2 Å². The molecule has 21 nitrogen and oxygen atoms in total. The van der Waals surface area contributed by atoms with Gasteiger partial charge >= 0.3 is 5.97 Å². The van der Waals surface area contributed by atoms with Gasteiger partial charge in [0.05, 0.1) is 18.2 Å². The molecule has 9 atom stereocenters. The SMILES string of the molecule is CC(C)C[C@H](NC(=O)[C@@H](NC(=O)[C@H](CCN)NC(=O)[C@@H](N)CCN)[C@@H](C)O)C(=O)N[C@@H](CCN)C(=O)N[C@@H](CCN)C(=O)N[C@H](C(=O)O)[C@@H](C)O. The molecule has 294 valence electrons. The van der Waals surface area contributed by atoms with E-state index in [2.05, 4.69) is 31.9 Å². The van der Waals surface area contributed by atoms with E-state index in [1.807, 2.05) is 0 Å². The summed E-state index contributed by atoms with van der Waals surface area (Å²) >= 11 is 0. The predicted octanol–water partition coefficient (Wildman–Crippen LogP) is -6.49. The maximum absolute atomic E-state index is 13.5. The van der Waals surface area contributed by atoms with Crippen molar-refractivity contribution in [3.05, 3.63) is 0 Å². The minimum atomic E-state index is -1.67. The second-order valence-electron chi connectivity index (χ2n) is 12.6. The minimum Gasteiger partial charge on any atom is -0.480 e. The van der Waals surface area contributed by atoms with Crippen molar-refractivity contribution < 1.29 is 48.9 Å². The molecule has 0 aliphatic heterocycles. The minimum absolute atomic E-state index is 0.0213. The van der Waals surface area contributed by atoms with Gasteiger partial charge in [-0.25, -0.2) is 4.79 Å². The van der Waals surface area contributed by atoms with Crippen molar-refractivity contribution >= 4 is 41.4 Å². The van der Waals surface area contributed by atoms with Gasteiger partial charge in [-0.15, -0.1) is 0 Å². The Morgan fingerprint density at radius 2 is 0.824 bits per heavy atom. The number of aliphatic carboxylic acids is 1. The lowest BCUT2D eigenvalue weighted by molar-refractivity contribution is -0.145. The number of nitrogens with one attached hydrogen (secondary N) is 6. The number of nitrogens with two attached hydrogens (primary N) is 5. The largest absolute Gasteiger partial charge is 0.480 e. The topological polar surface area (TPSA) is 382 Å². The Hall–Kier alpha value is -3.99. The zero-order valence-corrected chi connectivity index (χ0v) is 29.7. The van der Waals surface area contributed by atoms with Gasteiger partial charge in [0.15, 0.2) is 6.04 Å². The van der Waals surface area contributed by atoms with Crippen LogP contribution in [0, 0.1) is 5.92 Å². The van der Waals surface area contributed by atoms with Crippen LogP contribution < -0.4 is 60.6 Å². The molecular formula is C30H59N11O10. The molecule has 0 aromatic rings. The van der Waals surface area contributed by atoms with Crippen molar-refractivity contribution in [1.29, 1.82) is 0 Å². The van der Waals surface area contributed by atoms with E-state index >= 15 is 0 Å². The van der Waals surface area contributed by atoms with E-state index in [0.29, 0.717) is 0 Å². The number of amides is 6. The molecule has 0 bridgehead atoms. The van der Waals surface area contributed by atoms with Crippen molar-refractivity contribution in [2.45, 2.75) is 114 Å². The van der Waals surface area contributed by atoms with Gasteiger partial charge in [-0.2, -0.15) is 0 Å². The number of carbonyl (C=O) groups is 7. The molecular weight excluding hydrogens is 674 g/mol. The number of hydrogen-bond donors (Lipinski definition) is 14. The molecule has 0 aromatic heterocycles. The van der Waals surface area contributed by atoms with Crippen LogP contribution in [0.15, 0.2) is 0 Å². The standard InChI is InChI=1S/C30H59N11O10/c1-14(2)13-21(39-29(49)22(15(3)42)40-26(46)19(7-11-33)36-24(44)17(35)5-9-31)28(48)38-18(6-10-32)25(45)37-20(8-12-34)27(47)41-23(16(4)43)30(50)51/h14-23,42-43H,5-13,31-35H2,1-4H3,(H,36,44)(H,37,45)(H,38,48)(H,39,49)(H,40,46)(H,41,47)(H,50,51)/t15-,16-,17+,18+,19+,20+,21+,22+,23+/m1/s1. The van der Waals surface area contributed by atoms with E-state index in [-0.39, 0.29) is 64.2 Å². The molecule has 6 amide bonds. The number of aliphatic hydroxyl groups excluding tert-OH is 2. The van der Waals surface area contributed by atoms with Crippen molar-refractivity contribution in [3.63, 3.8) is 0 Å². The first-order valence-corrected chi connectivity index (χ1v) is 16.8. The first kappa shape index (κ1) is 47.0. The van der Waals surface area contributed by atoms with Crippen LogP contribution in [0.25, 0.3) is 0 Å². The summed E-state index contributed by atoms with van der Waals surface area (Å²) < 4.78 is 0. The van der Waals surface area contributed by atoms with Gasteiger partial charge in [0, 0.05) is 0 Å². The highest BCUT2D eigenvalue weighted by Crippen LogP contribution is 2.08. The predicted molar refractivity (Wildman–Crippen MR) is 185 cm³/mol. The number of rotatable bonds is 25. The Morgan fingerprint density at radius 3 is 1.18 bits per heavy atom. The third kappa shape index (κ3) is 17.2. The summed E-state index contributed by atoms with van der Waals surface area (Å²) in [7, 11) is 0. The molecule has 0 saturated carbocycles. The first-order valence-electron chi connectivity index (χ1n) is 16.8. The molecule has 0 aromatic carbocycles. The van der Waals surface area contributed by atoms with E-state index in [1.165, 1.54) is 6.92 Å². The molecule has 0 rings (SSSR count). The third-order valence-corrected chi connectivity index (χ3v) is 7.53.